The molecule has 0 saturated heterocycles. The van der Waals surface area contributed by atoms with Gasteiger partial charge >= 0.3 is 5.97 Å². The number of fused-ring (bicyclic) bond motifs is 1. The number of rotatable bonds is 5. The van der Waals surface area contributed by atoms with Gasteiger partial charge in [0.15, 0.2) is 0 Å². The van der Waals surface area contributed by atoms with Gasteiger partial charge in [0.05, 0.1) is 18.4 Å². The van der Waals surface area contributed by atoms with Crippen LogP contribution in [0.3, 0.4) is 0 Å². The summed E-state index contributed by atoms with van der Waals surface area (Å²) in [4.78, 5) is 23.9. The number of nitrogens with one attached hydrogen (secondary N) is 1. The summed E-state index contributed by atoms with van der Waals surface area (Å²) in [5.41, 5.74) is 3.04. The second-order valence-electron chi connectivity index (χ2n) is 6.00. The monoisotopic (exact) mass is 387 g/mol. The first-order chi connectivity index (χ1) is 11.5. The van der Waals surface area contributed by atoms with Crippen LogP contribution < -0.4 is 5.32 Å². The second kappa shape index (κ2) is 7.18. The molecule has 1 amide bonds. The van der Waals surface area contributed by atoms with E-state index in [1.807, 2.05) is 48.5 Å². The maximum absolute atomic E-state index is 12.7. The molecule has 0 spiro atoms. The lowest BCUT2D eigenvalue weighted by Crippen LogP contribution is -2.33. The molecule has 0 radical (unpaired) electrons. The van der Waals surface area contributed by atoms with Crippen LogP contribution in [-0.4, -0.2) is 17.0 Å². The second-order valence-corrected chi connectivity index (χ2v) is 6.92. The van der Waals surface area contributed by atoms with Crippen molar-refractivity contribution in [3.05, 3.63) is 69.7 Å². The van der Waals surface area contributed by atoms with E-state index >= 15 is 0 Å². The Morgan fingerprint density at radius 2 is 2.00 bits per heavy atom. The van der Waals surface area contributed by atoms with E-state index < -0.39 is 12.0 Å². The molecule has 24 heavy (non-hydrogen) atoms. The average molecular weight is 388 g/mol. The molecule has 2 aromatic carbocycles. The maximum atomic E-state index is 12.7. The van der Waals surface area contributed by atoms with Crippen LogP contribution in [0.1, 0.15) is 41.5 Å². The third-order valence-electron chi connectivity index (χ3n) is 4.40. The Balaban J connectivity index is 1.80. The zero-order valence-electron chi connectivity index (χ0n) is 13.0. The molecule has 0 aliphatic heterocycles. The third-order valence-corrected chi connectivity index (χ3v) is 4.89. The fourth-order valence-corrected chi connectivity index (χ4v) is 3.67. The van der Waals surface area contributed by atoms with Crippen LogP contribution in [0.5, 0.6) is 0 Å². The smallest absolute Gasteiger partial charge is 0.305 e. The molecule has 2 unspecified atom stereocenters. The number of hydrogen-bond acceptors (Lipinski definition) is 2. The lowest BCUT2D eigenvalue weighted by atomic mass is 9.98. The molecule has 0 saturated carbocycles. The van der Waals surface area contributed by atoms with E-state index in [1.165, 1.54) is 5.56 Å². The number of aliphatic carboxylic acids is 1. The number of aryl methyl sites for hydroxylation is 1. The molecule has 0 heterocycles. The van der Waals surface area contributed by atoms with Crippen LogP contribution in [0.15, 0.2) is 53.0 Å². The van der Waals surface area contributed by atoms with Crippen molar-refractivity contribution in [2.24, 2.45) is 0 Å². The molecule has 0 aromatic heterocycles. The van der Waals surface area contributed by atoms with Gasteiger partial charge in [-0.05, 0) is 41.7 Å². The summed E-state index contributed by atoms with van der Waals surface area (Å²) < 4.78 is 0.857. The topological polar surface area (TPSA) is 66.4 Å². The maximum Gasteiger partial charge on any atom is 0.305 e. The Bertz CT molecular complexity index is 775. The minimum Gasteiger partial charge on any atom is -0.481 e. The molecule has 1 aliphatic carbocycles. The molecule has 124 valence electrons. The lowest BCUT2D eigenvalue weighted by molar-refractivity contribution is -0.137. The lowest BCUT2D eigenvalue weighted by Gasteiger charge is -2.20. The van der Waals surface area contributed by atoms with E-state index in [1.54, 1.807) is 0 Å². The van der Waals surface area contributed by atoms with Gasteiger partial charge in [-0.25, -0.2) is 0 Å². The van der Waals surface area contributed by atoms with Gasteiger partial charge in [0.25, 0.3) is 0 Å². The van der Waals surface area contributed by atoms with Crippen molar-refractivity contribution in [3.8, 4) is 0 Å². The molecule has 0 fully saturated rings. The number of carboxylic acids is 1. The summed E-state index contributed by atoms with van der Waals surface area (Å²) in [6, 6.07) is 14.8. The van der Waals surface area contributed by atoms with Gasteiger partial charge in [0.2, 0.25) is 5.91 Å². The van der Waals surface area contributed by atoms with Crippen molar-refractivity contribution in [2.75, 3.05) is 0 Å². The molecule has 2 N–H and O–H groups in total. The van der Waals surface area contributed by atoms with Crippen molar-refractivity contribution in [3.63, 3.8) is 0 Å². The average Bonchev–Trinajstić information content (AvgIpc) is 2.98. The first kappa shape index (κ1) is 16.7. The van der Waals surface area contributed by atoms with Crippen molar-refractivity contribution in [2.45, 2.75) is 31.2 Å². The molecular formula is C19H18BrNO3. The third kappa shape index (κ3) is 3.67. The fourth-order valence-electron chi connectivity index (χ4n) is 3.25. The predicted molar refractivity (Wildman–Crippen MR) is 94.8 cm³/mol. The van der Waals surface area contributed by atoms with Crippen molar-refractivity contribution < 1.29 is 14.7 Å². The normalized spacial score (nSPS) is 17.1. The Morgan fingerprint density at radius 1 is 1.21 bits per heavy atom. The van der Waals surface area contributed by atoms with Gasteiger partial charge in [-0.15, -0.1) is 0 Å². The number of carboxylic acid groups (broad SMARTS) is 1. The minimum absolute atomic E-state index is 0.105. The number of carbonyl (C=O) groups excluding carboxylic acids is 1. The molecule has 5 heteroatoms. The van der Waals surface area contributed by atoms with Crippen LogP contribution >= 0.6 is 15.9 Å². The van der Waals surface area contributed by atoms with Gasteiger partial charge in [-0.3, -0.25) is 9.59 Å². The van der Waals surface area contributed by atoms with Crippen LogP contribution in [0.25, 0.3) is 0 Å². The Morgan fingerprint density at radius 3 is 2.75 bits per heavy atom. The van der Waals surface area contributed by atoms with Crippen molar-refractivity contribution >= 4 is 27.8 Å². The molecule has 0 bridgehead atoms. The van der Waals surface area contributed by atoms with Crippen LogP contribution in [-0.2, 0) is 16.0 Å². The molecule has 3 rings (SSSR count). The summed E-state index contributed by atoms with van der Waals surface area (Å²) in [7, 11) is 0. The summed E-state index contributed by atoms with van der Waals surface area (Å²) in [5, 5.41) is 12.1. The van der Waals surface area contributed by atoms with E-state index in [0.29, 0.717) is 0 Å². The molecule has 4 nitrogen and oxygen atoms in total. The highest BCUT2D eigenvalue weighted by atomic mass is 79.9. The highest BCUT2D eigenvalue weighted by molar-refractivity contribution is 9.10. The van der Waals surface area contributed by atoms with Crippen molar-refractivity contribution in [1.82, 2.24) is 5.32 Å². The first-order valence-electron chi connectivity index (χ1n) is 7.90. The summed E-state index contributed by atoms with van der Waals surface area (Å²) in [6.07, 6.45) is 1.51. The van der Waals surface area contributed by atoms with E-state index in [4.69, 9.17) is 0 Å². The van der Waals surface area contributed by atoms with Gasteiger partial charge in [0.1, 0.15) is 0 Å². The fraction of sp³-hybridized carbons (Fsp3) is 0.263. The molecule has 2 aromatic rings. The van der Waals surface area contributed by atoms with E-state index in [2.05, 4.69) is 21.2 Å². The summed E-state index contributed by atoms with van der Waals surface area (Å²) in [5.74, 6) is -1.25. The summed E-state index contributed by atoms with van der Waals surface area (Å²) >= 11 is 3.39. The largest absolute Gasteiger partial charge is 0.481 e. The Labute approximate surface area is 149 Å². The predicted octanol–water partition coefficient (Wildman–Crippen LogP) is 3.81. The van der Waals surface area contributed by atoms with Crippen LogP contribution in [0.4, 0.5) is 0 Å². The Kier molecular flexibility index (Phi) is 5.00. The Hall–Kier alpha value is -2.14. The number of benzene rings is 2. The van der Waals surface area contributed by atoms with Gasteiger partial charge in [-0.1, -0.05) is 52.3 Å². The zero-order valence-corrected chi connectivity index (χ0v) is 14.6. The van der Waals surface area contributed by atoms with Gasteiger partial charge < -0.3 is 10.4 Å². The van der Waals surface area contributed by atoms with Gasteiger partial charge in [-0.2, -0.15) is 0 Å². The van der Waals surface area contributed by atoms with Gasteiger partial charge in [0, 0.05) is 4.47 Å². The number of hydrogen-bond donors (Lipinski definition) is 2. The molecule has 1 aliphatic rings. The molecule has 2 atom stereocenters. The summed E-state index contributed by atoms with van der Waals surface area (Å²) in [6.45, 7) is 0. The highest BCUT2D eigenvalue weighted by Gasteiger charge is 2.30. The van der Waals surface area contributed by atoms with E-state index in [0.717, 1.165) is 28.4 Å². The number of amides is 1. The number of carbonyl (C=O) groups is 2. The van der Waals surface area contributed by atoms with E-state index in [9.17, 15) is 14.7 Å². The van der Waals surface area contributed by atoms with Crippen molar-refractivity contribution in [1.29, 1.82) is 0 Å². The SMILES string of the molecule is O=C(O)CC(NC(=O)C1CCc2ccccc21)c1cccc(Br)c1. The first-order valence-corrected chi connectivity index (χ1v) is 8.69. The number of halogens is 1. The quantitative estimate of drug-likeness (QED) is 0.819. The highest BCUT2D eigenvalue weighted by Crippen LogP contribution is 2.33. The van der Waals surface area contributed by atoms with Crippen LogP contribution in [0.2, 0.25) is 0 Å². The van der Waals surface area contributed by atoms with Crippen LogP contribution in [0, 0.1) is 0 Å². The minimum atomic E-state index is -0.938. The zero-order chi connectivity index (χ0) is 17.1. The standard InChI is InChI=1S/C19H18BrNO3/c20-14-6-3-5-13(10-14)17(11-18(22)23)21-19(24)16-9-8-12-4-1-2-7-15(12)16/h1-7,10,16-17H,8-9,11H2,(H,21,24)(H,22,23). The molecular weight excluding hydrogens is 370 g/mol. The van der Waals surface area contributed by atoms with E-state index in [-0.39, 0.29) is 18.2 Å².